The van der Waals surface area contributed by atoms with E-state index in [2.05, 4.69) is 5.32 Å². The Balaban J connectivity index is 1.55. The maximum atomic E-state index is 13.1. The normalized spacial score (nSPS) is 18.0. The predicted octanol–water partition coefficient (Wildman–Crippen LogP) is 2.08. The summed E-state index contributed by atoms with van der Waals surface area (Å²) in [5, 5.41) is 2.88. The third-order valence-electron chi connectivity index (χ3n) is 6.32. The number of hydrogen-bond donors (Lipinski definition) is 1. The van der Waals surface area contributed by atoms with E-state index in [9.17, 15) is 18.0 Å². The third-order valence-corrected chi connectivity index (χ3v) is 8.22. The van der Waals surface area contributed by atoms with Gasteiger partial charge < -0.3 is 14.8 Å². The molecule has 4 rings (SSSR count). The van der Waals surface area contributed by atoms with Gasteiger partial charge in [-0.1, -0.05) is 0 Å². The second kappa shape index (κ2) is 9.63. The fraction of sp³-hybridized carbons (Fsp3) is 0.417. The first kappa shape index (κ1) is 24.0. The van der Waals surface area contributed by atoms with Crippen LogP contribution in [0.1, 0.15) is 30.9 Å². The summed E-state index contributed by atoms with van der Waals surface area (Å²) in [5.41, 5.74) is 1.96. The summed E-state index contributed by atoms with van der Waals surface area (Å²) in [7, 11) is -0.487. The summed E-state index contributed by atoms with van der Waals surface area (Å²) in [5.74, 6) is 0.625. The van der Waals surface area contributed by atoms with Crippen molar-refractivity contribution < 1.29 is 27.5 Å². The predicted molar refractivity (Wildman–Crippen MR) is 126 cm³/mol. The molecule has 2 aromatic carbocycles. The number of nitrogens with zero attached hydrogens (tertiary/aromatic N) is 2. The van der Waals surface area contributed by atoms with Crippen LogP contribution in [0.25, 0.3) is 0 Å². The largest absolute Gasteiger partial charge is 0.497 e. The molecular weight excluding hydrogens is 458 g/mol. The zero-order chi connectivity index (χ0) is 24.5. The van der Waals surface area contributed by atoms with E-state index in [0.29, 0.717) is 35.8 Å². The highest BCUT2D eigenvalue weighted by atomic mass is 32.2. The second-order valence-electron chi connectivity index (χ2n) is 8.41. The lowest BCUT2D eigenvalue weighted by atomic mass is 10.1. The second-order valence-corrected chi connectivity index (χ2v) is 10.3. The smallest absolute Gasteiger partial charge is 0.243 e. The number of sulfonamides is 1. The molecule has 9 nitrogen and oxygen atoms in total. The molecule has 2 aliphatic heterocycles. The zero-order valence-corrected chi connectivity index (χ0v) is 20.4. The molecule has 10 heteroatoms. The van der Waals surface area contributed by atoms with Crippen LogP contribution in [0.4, 0.5) is 5.69 Å². The minimum atomic E-state index is -3.59. The van der Waals surface area contributed by atoms with Gasteiger partial charge in [0.2, 0.25) is 21.8 Å². The summed E-state index contributed by atoms with van der Waals surface area (Å²) >= 11 is 0. The molecule has 2 aromatic rings. The van der Waals surface area contributed by atoms with Gasteiger partial charge in [0.05, 0.1) is 19.1 Å². The van der Waals surface area contributed by atoms with Crippen LogP contribution >= 0.6 is 0 Å². The lowest BCUT2D eigenvalue weighted by molar-refractivity contribution is -0.125. The van der Waals surface area contributed by atoms with E-state index in [1.54, 1.807) is 44.6 Å². The number of fused-ring (bicyclic) bond motifs is 1. The van der Waals surface area contributed by atoms with Gasteiger partial charge in [-0.3, -0.25) is 14.5 Å². The molecule has 2 amide bonds. The van der Waals surface area contributed by atoms with Crippen molar-refractivity contribution in [3.05, 3.63) is 47.5 Å². The molecule has 2 aliphatic rings. The highest BCUT2D eigenvalue weighted by Gasteiger charge is 2.38. The molecule has 0 aromatic heterocycles. The van der Waals surface area contributed by atoms with E-state index in [0.717, 1.165) is 18.4 Å². The highest BCUT2D eigenvalue weighted by molar-refractivity contribution is 7.89. The van der Waals surface area contributed by atoms with Gasteiger partial charge in [0.15, 0.2) is 0 Å². The number of ether oxygens (including phenoxy) is 2. The van der Waals surface area contributed by atoms with Gasteiger partial charge in [0.25, 0.3) is 0 Å². The number of anilines is 1. The lowest BCUT2D eigenvalue weighted by Gasteiger charge is -2.24. The summed E-state index contributed by atoms with van der Waals surface area (Å²) in [4.78, 5) is 27.2. The van der Waals surface area contributed by atoms with Crippen molar-refractivity contribution in [2.75, 3.05) is 32.2 Å². The van der Waals surface area contributed by atoms with Crippen molar-refractivity contribution in [3.8, 4) is 11.5 Å². The fourth-order valence-electron chi connectivity index (χ4n) is 4.59. The Hall–Kier alpha value is -3.11. The monoisotopic (exact) mass is 487 g/mol. The molecule has 0 bridgehead atoms. The first-order valence-corrected chi connectivity index (χ1v) is 12.6. The maximum Gasteiger partial charge on any atom is 0.243 e. The van der Waals surface area contributed by atoms with E-state index < -0.39 is 16.1 Å². The van der Waals surface area contributed by atoms with Crippen molar-refractivity contribution in [1.82, 2.24) is 9.62 Å². The first-order chi connectivity index (χ1) is 16.3. The fourth-order valence-corrected chi connectivity index (χ4v) is 6.15. The van der Waals surface area contributed by atoms with Crippen LogP contribution in [0, 0.1) is 0 Å². The molecular formula is C24H29N3O6S. The van der Waals surface area contributed by atoms with Crippen LogP contribution in [-0.2, 0) is 32.6 Å². The summed E-state index contributed by atoms with van der Waals surface area (Å²) < 4.78 is 38.1. The van der Waals surface area contributed by atoms with Gasteiger partial charge in [0, 0.05) is 44.2 Å². The highest BCUT2D eigenvalue weighted by Crippen LogP contribution is 2.35. The molecule has 1 unspecified atom stereocenters. The SMILES string of the molecule is COc1ccc(OC)c(CNC(=O)C2Cc3cc(S(=O)(=O)N4CCCC4)ccc3N2C(C)=O)c1. The van der Waals surface area contributed by atoms with E-state index in [4.69, 9.17) is 9.47 Å². The van der Waals surface area contributed by atoms with Crippen LogP contribution in [0.3, 0.4) is 0 Å². The van der Waals surface area contributed by atoms with E-state index >= 15 is 0 Å². The average molecular weight is 488 g/mol. The topological polar surface area (TPSA) is 105 Å². The molecule has 0 saturated carbocycles. The van der Waals surface area contributed by atoms with Gasteiger partial charge in [-0.2, -0.15) is 4.31 Å². The maximum absolute atomic E-state index is 13.1. The number of amides is 2. The van der Waals surface area contributed by atoms with Crippen LogP contribution in [0.15, 0.2) is 41.3 Å². The number of carbonyl (C=O) groups is 2. The number of benzene rings is 2. The molecule has 0 radical (unpaired) electrons. The Bertz CT molecular complexity index is 1210. The van der Waals surface area contributed by atoms with E-state index in [1.165, 1.54) is 22.2 Å². The molecule has 1 N–H and O–H groups in total. The third kappa shape index (κ3) is 4.47. The minimum Gasteiger partial charge on any atom is -0.497 e. The van der Waals surface area contributed by atoms with E-state index in [1.807, 2.05) is 0 Å². The van der Waals surface area contributed by atoms with Crippen LogP contribution < -0.4 is 19.7 Å². The Morgan fingerprint density at radius 2 is 1.79 bits per heavy atom. The molecule has 1 saturated heterocycles. The van der Waals surface area contributed by atoms with Gasteiger partial charge in [-0.05, 0) is 54.8 Å². The Morgan fingerprint density at radius 3 is 2.44 bits per heavy atom. The first-order valence-electron chi connectivity index (χ1n) is 11.2. The van der Waals surface area contributed by atoms with Gasteiger partial charge in [-0.15, -0.1) is 0 Å². The molecule has 182 valence electrons. The molecule has 1 fully saturated rings. The minimum absolute atomic E-state index is 0.187. The average Bonchev–Trinajstić information content (AvgIpc) is 3.50. The summed E-state index contributed by atoms with van der Waals surface area (Å²) in [6.07, 6.45) is 1.94. The van der Waals surface area contributed by atoms with E-state index in [-0.39, 0.29) is 29.7 Å². The summed E-state index contributed by atoms with van der Waals surface area (Å²) in [6.45, 7) is 2.61. The molecule has 1 atom stereocenters. The Kier molecular flexibility index (Phi) is 6.81. The van der Waals surface area contributed by atoms with Crippen molar-refractivity contribution >= 4 is 27.5 Å². The van der Waals surface area contributed by atoms with Crippen molar-refractivity contribution in [3.63, 3.8) is 0 Å². The standard InChI is InChI=1S/C24H29N3O6S/c1-16(28)27-21-8-7-20(34(30,31)26-10-4-5-11-26)13-17(21)14-22(27)24(29)25-15-18-12-19(32-2)6-9-23(18)33-3/h6-9,12-13,22H,4-5,10-11,14-15H2,1-3H3,(H,25,29). The lowest BCUT2D eigenvalue weighted by Crippen LogP contribution is -2.47. The van der Waals surface area contributed by atoms with Crippen LogP contribution in [0.2, 0.25) is 0 Å². The van der Waals surface area contributed by atoms with Crippen LogP contribution in [-0.4, -0.2) is 57.9 Å². The van der Waals surface area contributed by atoms with Crippen molar-refractivity contribution in [2.45, 2.75) is 43.7 Å². The zero-order valence-electron chi connectivity index (χ0n) is 19.5. The summed E-state index contributed by atoms with van der Waals surface area (Å²) in [6, 6.07) is 9.27. The Labute approximate surface area is 199 Å². The quantitative estimate of drug-likeness (QED) is 0.641. The van der Waals surface area contributed by atoms with Crippen molar-refractivity contribution in [1.29, 1.82) is 0 Å². The Morgan fingerprint density at radius 1 is 1.06 bits per heavy atom. The van der Waals surface area contributed by atoms with Gasteiger partial charge in [0.1, 0.15) is 17.5 Å². The molecule has 0 aliphatic carbocycles. The molecule has 34 heavy (non-hydrogen) atoms. The van der Waals surface area contributed by atoms with Gasteiger partial charge in [-0.25, -0.2) is 8.42 Å². The number of hydrogen-bond acceptors (Lipinski definition) is 6. The van der Waals surface area contributed by atoms with Crippen LogP contribution in [0.5, 0.6) is 11.5 Å². The number of carbonyl (C=O) groups excluding carboxylic acids is 2. The molecule has 0 spiro atoms. The molecule has 2 heterocycles. The van der Waals surface area contributed by atoms with Gasteiger partial charge >= 0.3 is 0 Å². The number of rotatable bonds is 7. The number of methoxy groups -OCH3 is 2. The van der Waals surface area contributed by atoms with Crippen molar-refractivity contribution in [2.24, 2.45) is 0 Å². The number of nitrogens with one attached hydrogen (secondary N) is 1.